The van der Waals surface area contributed by atoms with E-state index in [2.05, 4.69) is 10.6 Å². The fraction of sp³-hybridized carbons (Fsp3) is 0.300. The minimum Gasteiger partial charge on any atom is -0.481 e. The first-order valence-corrected chi connectivity index (χ1v) is 8.67. The van der Waals surface area contributed by atoms with Gasteiger partial charge in [-0.05, 0) is 58.0 Å². The van der Waals surface area contributed by atoms with Crippen molar-refractivity contribution in [1.29, 1.82) is 0 Å². The van der Waals surface area contributed by atoms with E-state index < -0.39 is 41.2 Å². The number of carbonyl (C=O) groups excluding carboxylic acids is 2. The topological polar surface area (TPSA) is 76.7 Å². The minimum absolute atomic E-state index is 0.0263. The van der Waals surface area contributed by atoms with E-state index in [1.807, 2.05) is 0 Å². The van der Waals surface area contributed by atoms with Gasteiger partial charge in [0, 0.05) is 6.07 Å². The van der Waals surface area contributed by atoms with Crippen molar-refractivity contribution in [2.24, 2.45) is 0 Å². The molecule has 0 aromatic heterocycles. The first-order chi connectivity index (χ1) is 13.4. The monoisotopic (exact) mass is 410 g/mol. The van der Waals surface area contributed by atoms with Gasteiger partial charge in [0.1, 0.15) is 17.2 Å². The van der Waals surface area contributed by atoms with E-state index in [0.717, 1.165) is 24.3 Å². The molecule has 6 nitrogen and oxygen atoms in total. The van der Waals surface area contributed by atoms with E-state index in [4.69, 9.17) is 9.47 Å². The summed E-state index contributed by atoms with van der Waals surface area (Å²) in [7, 11) is 0. The standard InChI is InChI=1S/C20H21F3N2O4/c1-11(28-13-6-7-14(22)15(23)10-13)18(26)24-17-9-12(21)5-8-16(17)25-19(27)29-20(2,3)4/h5-11H,1-4H3,(H,24,26)(H,25,27). The van der Waals surface area contributed by atoms with Gasteiger partial charge in [0.25, 0.3) is 5.91 Å². The first-order valence-electron chi connectivity index (χ1n) is 8.67. The molecular weight excluding hydrogens is 389 g/mol. The molecule has 0 saturated heterocycles. The zero-order valence-corrected chi connectivity index (χ0v) is 16.3. The van der Waals surface area contributed by atoms with E-state index in [9.17, 15) is 22.8 Å². The molecule has 1 atom stereocenters. The molecule has 2 rings (SSSR count). The summed E-state index contributed by atoms with van der Waals surface area (Å²) >= 11 is 0. The predicted molar refractivity (Wildman–Crippen MR) is 101 cm³/mol. The van der Waals surface area contributed by atoms with Crippen molar-refractivity contribution < 1.29 is 32.2 Å². The molecule has 0 saturated carbocycles. The number of halogens is 3. The van der Waals surface area contributed by atoms with Gasteiger partial charge >= 0.3 is 6.09 Å². The van der Waals surface area contributed by atoms with Gasteiger partial charge in [-0.25, -0.2) is 18.0 Å². The number of anilines is 2. The second-order valence-electron chi connectivity index (χ2n) is 7.14. The van der Waals surface area contributed by atoms with Crippen molar-refractivity contribution in [3.05, 3.63) is 53.8 Å². The SMILES string of the molecule is CC(Oc1ccc(F)c(F)c1)C(=O)Nc1cc(F)ccc1NC(=O)OC(C)(C)C. The lowest BCUT2D eigenvalue weighted by atomic mass is 10.2. The Morgan fingerprint density at radius 2 is 1.62 bits per heavy atom. The van der Waals surface area contributed by atoms with E-state index in [1.54, 1.807) is 20.8 Å². The van der Waals surface area contributed by atoms with E-state index in [0.29, 0.717) is 0 Å². The van der Waals surface area contributed by atoms with Crippen LogP contribution < -0.4 is 15.4 Å². The minimum atomic E-state index is -1.13. The van der Waals surface area contributed by atoms with Crippen molar-refractivity contribution in [1.82, 2.24) is 0 Å². The quantitative estimate of drug-likeness (QED) is 0.738. The fourth-order valence-electron chi connectivity index (χ4n) is 2.18. The molecule has 9 heteroatoms. The van der Waals surface area contributed by atoms with Crippen LogP contribution in [0.25, 0.3) is 0 Å². The molecule has 2 N–H and O–H groups in total. The number of ether oxygens (including phenoxy) is 2. The summed E-state index contributed by atoms with van der Waals surface area (Å²) in [5.74, 6) is -3.58. The van der Waals surface area contributed by atoms with Crippen molar-refractivity contribution in [2.45, 2.75) is 39.4 Å². The zero-order chi connectivity index (χ0) is 21.8. The Bertz CT molecular complexity index is 913. The highest BCUT2D eigenvalue weighted by molar-refractivity contribution is 5.99. The Morgan fingerprint density at radius 1 is 0.931 bits per heavy atom. The van der Waals surface area contributed by atoms with Crippen LogP contribution in [0.4, 0.5) is 29.3 Å². The summed E-state index contributed by atoms with van der Waals surface area (Å²) in [6.07, 6.45) is -1.91. The molecule has 0 heterocycles. The number of nitrogens with one attached hydrogen (secondary N) is 2. The summed E-state index contributed by atoms with van der Waals surface area (Å²) in [5.41, 5.74) is -0.670. The molecule has 1 unspecified atom stereocenters. The molecule has 0 bridgehead atoms. The second-order valence-corrected chi connectivity index (χ2v) is 7.14. The Labute approximate surface area is 166 Å². The molecule has 156 valence electrons. The number of rotatable bonds is 5. The number of carbonyl (C=O) groups is 2. The lowest BCUT2D eigenvalue weighted by Crippen LogP contribution is -2.31. The normalized spacial score (nSPS) is 12.1. The lowest BCUT2D eigenvalue weighted by molar-refractivity contribution is -0.122. The van der Waals surface area contributed by atoms with E-state index >= 15 is 0 Å². The van der Waals surface area contributed by atoms with Crippen molar-refractivity contribution in [3.8, 4) is 5.75 Å². The second kappa shape index (κ2) is 8.85. The van der Waals surface area contributed by atoms with Crippen LogP contribution in [0, 0.1) is 17.5 Å². The van der Waals surface area contributed by atoms with Gasteiger partial charge in [-0.15, -0.1) is 0 Å². The molecule has 29 heavy (non-hydrogen) atoms. The maximum absolute atomic E-state index is 13.6. The van der Waals surface area contributed by atoms with Gasteiger partial charge in [0.15, 0.2) is 17.7 Å². The Balaban J connectivity index is 2.11. The van der Waals surface area contributed by atoms with Crippen LogP contribution in [0.2, 0.25) is 0 Å². The van der Waals surface area contributed by atoms with Gasteiger partial charge in [-0.1, -0.05) is 0 Å². The van der Waals surface area contributed by atoms with Crippen LogP contribution in [0.3, 0.4) is 0 Å². The Hall–Kier alpha value is -3.23. The first kappa shape index (κ1) is 22.1. The number of amides is 2. The van der Waals surface area contributed by atoms with Crippen molar-refractivity contribution >= 4 is 23.4 Å². The number of benzene rings is 2. The van der Waals surface area contributed by atoms with Crippen LogP contribution in [0.5, 0.6) is 5.75 Å². The van der Waals surface area contributed by atoms with Crippen LogP contribution in [0.1, 0.15) is 27.7 Å². The molecule has 0 radical (unpaired) electrons. The van der Waals surface area contributed by atoms with Gasteiger partial charge in [0.05, 0.1) is 11.4 Å². The predicted octanol–water partition coefficient (Wildman–Crippen LogP) is 4.86. The third-order valence-corrected chi connectivity index (χ3v) is 3.45. The molecule has 2 amide bonds. The van der Waals surface area contributed by atoms with E-state index in [1.165, 1.54) is 19.1 Å². The average Bonchev–Trinajstić information content (AvgIpc) is 2.59. The van der Waals surface area contributed by atoms with Crippen LogP contribution in [0.15, 0.2) is 36.4 Å². The van der Waals surface area contributed by atoms with Gasteiger partial charge < -0.3 is 14.8 Å². The maximum Gasteiger partial charge on any atom is 0.412 e. The number of hydrogen-bond acceptors (Lipinski definition) is 4. The average molecular weight is 410 g/mol. The highest BCUT2D eigenvalue weighted by Crippen LogP contribution is 2.24. The summed E-state index contributed by atoms with van der Waals surface area (Å²) < 4.78 is 50.3. The fourth-order valence-corrected chi connectivity index (χ4v) is 2.18. The third-order valence-electron chi connectivity index (χ3n) is 3.45. The summed E-state index contributed by atoms with van der Waals surface area (Å²) in [6, 6.07) is 6.20. The molecule has 0 aliphatic carbocycles. The summed E-state index contributed by atoms with van der Waals surface area (Å²) in [5, 5.41) is 4.85. The smallest absolute Gasteiger partial charge is 0.412 e. The highest BCUT2D eigenvalue weighted by Gasteiger charge is 2.20. The van der Waals surface area contributed by atoms with Crippen LogP contribution in [-0.2, 0) is 9.53 Å². The molecule has 0 aliphatic rings. The van der Waals surface area contributed by atoms with Gasteiger partial charge in [0.2, 0.25) is 0 Å². The Morgan fingerprint density at radius 3 is 2.24 bits per heavy atom. The van der Waals surface area contributed by atoms with Gasteiger partial charge in [-0.3, -0.25) is 10.1 Å². The molecule has 2 aromatic carbocycles. The maximum atomic E-state index is 13.6. The summed E-state index contributed by atoms with van der Waals surface area (Å²) in [4.78, 5) is 24.3. The highest BCUT2D eigenvalue weighted by atomic mass is 19.2. The number of hydrogen-bond donors (Lipinski definition) is 2. The van der Waals surface area contributed by atoms with Crippen LogP contribution >= 0.6 is 0 Å². The molecule has 0 aliphatic heterocycles. The van der Waals surface area contributed by atoms with Crippen LogP contribution in [-0.4, -0.2) is 23.7 Å². The lowest BCUT2D eigenvalue weighted by Gasteiger charge is -2.21. The van der Waals surface area contributed by atoms with E-state index in [-0.39, 0.29) is 17.1 Å². The van der Waals surface area contributed by atoms with Gasteiger partial charge in [-0.2, -0.15) is 0 Å². The molecule has 2 aromatic rings. The zero-order valence-electron chi connectivity index (χ0n) is 16.3. The van der Waals surface area contributed by atoms with Crippen molar-refractivity contribution in [2.75, 3.05) is 10.6 Å². The Kier molecular flexibility index (Phi) is 6.73. The molecule has 0 fully saturated rings. The molecule has 0 spiro atoms. The van der Waals surface area contributed by atoms with Crippen molar-refractivity contribution in [3.63, 3.8) is 0 Å². The largest absolute Gasteiger partial charge is 0.481 e. The third kappa shape index (κ3) is 6.70. The molecular formula is C20H21F3N2O4. The summed E-state index contributed by atoms with van der Waals surface area (Å²) in [6.45, 7) is 6.41.